The monoisotopic (exact) mass is 390 g/mol. The summed E-state index contributed by atoms with van der Waals surface area (Å²) in [6.07, 6.45) is 8.23. The van der Waals surface area contributed by atoms with Crippen molar-refractivity contribution in [2.45, 2.75) is 56.5 Å². The molecule has 4 aliphatic rings. The molecule has 0 aromatic heterocycles. The molecule has 2 atom stereocenters. The molecule has 4 bridgehead atoms. The molecule has 29 heavy (non-hydrogen) atoms. The van der Waals surface area contributed by atoms with Gasteiger partial charge in [0.15, 0.2) is 0 Å². The summed E-state index contributed by atoms with van der Waals surface area (Å²) in [7, 11) is 0. The average Bonchev–Trinajstić information content (AvgIpc) is 2.65. The second-order valence-electron chi connectivity index (χ2n) is 9.57. The smallest absolute Gasteiger partial charge is 0.269 e. The normalized spacial score (nSPS) is 32.8. The van der Waals surface area contributed by atoms with Crippen LogP contribution in [0.15, 0.2) is 47.5 Å². The van der Waals surface area contributed by atoms with Gasteiger partial charge in [0, 0.05) is 18.3 Å². The van der Waals surface area contributed by atoms with Gasteiger partial charge in [0.05, 0.1) is 16.2 Å². The summed E-state index contributed by atoms with van der Waals surface area (Å²) in [6, 6.07) is 13.0. The van der Waals surface area contributed by atoms with E-state index >= 15 is 0 Å². The van der Waals surface area contributed by atoms with E-state index in [0.717, 1.165) is 36.1 Å². The number of rotatable bonds is 4. The van der Waals surface area contributed by atoms with Crippen LogP contribution >= 0.6 is 0 Å². The average molecular weight is 390 g/mol. The number of benzene rings is 2. The maximum absolute atomic E-state index is 11.1. The Morgan fingerprint density at radius 1 is 1.10 bits per heavy atom. The second kappa shape index (κ2) is 6.49. The number of aryl methyl sites for hydroxylation is 1. The van der Waals surface area contributed by atoms with Gasteiger partial charge in [-0.2, -0.15) is 0 Å². The molecule has 0 amide bonds. The Morgan fingerprint density at radius 2 is 1.79 bits per heavy atom. The topological polar surface area (TPSA) is 75.7 Å². The summed E-state index contributed by atoms with van der Waals surface area (Å²) in [4.78, 5) is 15.1. The lowest BCUT2D eigenvalue weighted by molar-refractivity contribution is -0.384. The Labute approximate surface area is 170 Å². The number of aliphatic hydroxyl groups is 1. The molecule has 4 saturated carbocycles. The second-order valence-corrected chi connectivity index (χ2v) is 9.57. The Kier molecular flexibility index (Phi) is 4.14. The van der Waals surface area contributed by atoms with Gasteiger partial charge in [-0.25, -0.2) is 0 Å². The predicted octanol–water partition coefficient (Wildman–Crippen LogP) is 5.24. The van der Waals surface area contributed by atoms with E-state index in [9.17, 15) is 15.2 Å². The minimum atomic E-state index is -0.475. The van der Waals surface area contributed by atoms with E-state index in [2.05, 4.69) is 25.1 Å². The number of nitrogens with zero attached hydrogens (tertiary/aromatic N) is 2. The highest BCUT2D eigenvalue weighted by Crippen LogP contribution is 2.62. The van der Waals surface area contributed by atoms with Gasteiger partial charge in [-0.05, 0) is 97.6 Å². The third kappa shape index (κ3) is 3.27. The molecule has 2 unspecified atom stereocenters. The molecule has 4 fully saturated rings. The van der Waals surface area contributed by atoms with Crippen molar-refractivity contribution in [3.05, 3.63) is 69.3 Å². The lowest BCUT2D eigenvalue weighted by atomic mass is 9.46. The molecule has 0 aliphatic heterocycles. The molecule has 4 aliphatic carbocycles. The first kappa shape index (κ1) is 18.5. The minimum absolute atomic E-state index is 0.0834. The SMILES string of the molecule is Cc1ccc(C23CC4CC(CC(O)(C4)C2)C3)cc1N=Cc1ccc([N+](=O)[O-])cc1. The molecule has 6 rings (SSSR count). The molecule has 150 valence electrons. The van der Waals surface area contributed by atoms with Crippen LogP contribution in [0.1, 0.15) is 55.2 Å². The Hall–Kier alpha value is -2.53. The van der Waals surface area contributed by atoms with Crippen molar-refractivity contribution >= 4 is 17.6 Å². The van der Waals surface area contributed by atoms with Crippen LogP contribution in [0.25, 0.3) is 0 Å². The van der Waals surface area contributed by atoms with Crippen molar-refractivity contribution in [3.8, 4) is 0 Å². The van der Waals surface area contributed by atoms with Crippen LogP contribution in [0.5, 0.6) is 0 Å². The van der Waals surface area contributed by atoms with E-state index in [-0.39, 0.29) is 11.1 Å². The van der Waals surface area contributed by atoms with Crippen LogP contribution in [-0.2, 0) is 5.41 Å². The summed E-state index contributed by atoms with van der Waals surface area (Å²) < 4.78 is 0. The van der Waals surface area contributed by atoms with Crippen molar-refractivity contribution < 1.29 is 10.0 Å². The van der Waals surface area contributed by atoms with E-state index in [4.69, 9.17) is 4.99 Å². The first-order chi connectivity index (χ1) is 13.8. The standard InChI is InChI=1S/C24H26N2O3/c1-16-2-5-20(23-10-18-8-19(11-23)13-24(27,12-18)15-23)9-22(16)25-14-17-3-6-21(7-4-17)26(28)29/h2-7,9,14,18-19,27H,8,10-13,15H2,1H3. The zero-order valence-corrected chi connectivity index (χ0v) is 16.7. The highest BCUT2D eigenvalue weighted by Gasteiger charge is 2.57. The number of nitro benzene ring substituents is 1. The molecule has 0 spiro atoms. The fourth-order valence-corrected chi connectivity index (χ4v) is 6.46. The summed E-state index contributed by atoms with van der Waals surface area (Å²) >= 11 is 0. The third-order valence-electron chi connectivity index (χ3n) is 7.31. The summed E-state index contributed by atoms with van der Waals surface area (Å²) in [5.41, 5.74) is 3.89. The van der Waals surface area contributed by atoms with Crippen molar-refractivity contribution in [1.29, 1.82) is 0 Å². The lowest BCUT2D eigenvalue weighted by Gasteiger charge is -2.60. The summed E-state index contributed by atoms with van der Waals surface area (Å²) in [5, 5.41) is 21.9. The maximum Gasteiger partial charge on any atom is 0.269 e. The van der Waals surface area contributed by atoms with Crippen LogP contribution in [0, 0.1) is 28.9 Å². The van der Waals surface area contributed by atoms with E-state index in [1.807, 2.05) is 0 Å². The van der Waals surface area contributed by atoms with Gasteiger partial charge >= 0.3 is 0 Å². The van der Waals surface area contributed by atoms with Crippen LogP contribution in [0.3, 0.4) is 0 Å². The Balaban J connectivity index is 1.44. The van der Waals surface area contributed by atoms with E-state index < -0.39 is 10.5 Å². The van der Waals surface area contributed by atoms with Crippen molar-refractivity contribution in [1.82, 2.24) is 0 Å². The molecule has 0 heterocycles. The molecular weight excluding hydrogens is 364 g/mol. The molecule has 2 aromatic carbocycles. The Bertz CT molecular complexity index is 982. The molecular formula is C24H26N2O3. The van der Waals surface area contributed by atoms with E-state index in [0.29, 0.717) is 11.8 Å². The summed E-state index contributed by atoms with van der Waals surface area (Å²) in [6.45, 7) is 2.06. The first-order valence-corrected chi connectivity index (χ1v) is 10.5. The van der Waals surface area contributed by atoms with Crippen molar-refractivity contribution in [2.75, 3.05) is 0 Å². The van der Waals surface area contributed by atoms with E-state index in [1.54, 1.807) is 18.3 Å². The van der Waals surface area contributed by atoms with Gasteiger partial charge in [0.1, 0.15) is 0 Å². The van der Waals surface area contributed by atoms with Gasteiger partial charge in [-0.1, -0.05) is 12.1 Å². The highest BCUT2D eigenvalue weighted by molar-refractivity contribution is 5.82. The fourth-order valence-electron chi connectivity index (χ4n) is 6.46. The quantitative estimate of drug-likeness (QED) is 0.441. The molecule has 0 saturated heterocycles. The van der Waals surface area contributed by atoms with Crippen molar-refractivity contribution in [3.63, 3.8) is 0 Å². The first-order valence-electron chi connectivity index (χ1n) is 10.5. The number of hydrogen-bond acceptors (Lipinski definition) is 4. The Morgan fingerprint density at radius 3 is 2.41 bits per heavy atom. The predicted molar refractivity (Wildman–Crippen MR) is 113 cm³/mol. The van der Waals surface area contributed by atoms with Gasteiger partial charge < -0.3 is 5.11 Å². The molecule has 5 heteroatoms. The van der Waals surface area contributed by atoms with Crippen LogP contribution in [0.4, 0.5) is 11.4 Å². The van der Waals surface area contributed by atoms with Gasteiger partial charge in [0.2, 0.25) is 0 Å². The highest BCUT2D eigenvalue weighted by atomic mass is 16.6. The molecule has 1 N–H and O–H groups in total. The van der Waals surface area contributed by atoms with Gasteiger partial charge in [-0.15, -0.1) is 0 Å². The molecule has 0 radical (unpaired) electrons. The lowest BCUT2D eigenvalue weighted by Crippen LogP contribution is -2.57. The van der Waals surface area contributed by atoms with Gasteiger partial charge in [-0.3, -0.25) is 15.1 Å². The minimum Gasteiger partial charge on any atom is -0.390 e. The van der Waals surface area contributed by atoms with E-state index in [1.165, 1.54) is 37.0 Å². The summed E-state index contributed by atoms with van der Waals surface area (Å²) in [5.74, 6) is 1.30. The fraction of sp³-hybridized carbons (Fsp3) is 0.458. The number of nitro groups is 1. The number of non-ortho nitro benzene ring substituents is 1. The largest absolute Gasteiger partial charge is 0.390 e. The zero-order valence-electron chi connectivity index (χ0n) is 16.7. The van der Waals surface area contributed by atoms with Crippen molar-refractivity contribution in [2.24, 2.45) is 16.8 Å². The zero-order chi connectivity index (χ0) is 20.2. The molecule has 5 nitrogen and oxygen atoms in total. The van der Waals surface area contributed by atoms with Gasteiger partial charge in [0.25, 0.3) is 5.69 Å². The third-order valence-corrected chi connectivity index (χ3v) is 7.31. The van der Waals surface area contributed by atoms with Crippen LogP contribution < -0.4 is 0 Å². The number of hydrogen-bond donors (Lipinski definition) is 1. The molecule has 2 aromatic rings. The van der Waals surface area contributed by atoms with Crippen LogP contribution in [-0.4, -0.2) is 21.8 Å². The maximum atomic E-state index is 11.1. The van der Waals surface area contributed by atoms with Crippen LogP contribution in [0.2, 0.25) is 0 Å². The number of aliphatic imine (C=N–C) groups is 1.